The van der Waals surface area contributed by atoms with E-state index < -0.39 is 0 Å². The van der Waals surface area contributed by atoms with E-state index in [0.29, 0.717) is 11.7 Å². The molecule has 1 aromatic carbocycles. The van der Waals surface area contributed by atoms with Crippen LogP contribution < -0.4 is 10.1 Å². The van der Waals surface area contributed by atoms with Gasteiger partial charge < -0.3 is 14.6 Å². The van der Waals surface area contributed by atoms with Gasteiger partial charge in [-0.15, -0.1) is 11.3 Å². The second-order valence-corrected chi connectivity index (χ2v) is 6.46. The first-order valence-corrected chi connectivity index (χ1v) is 9.31. The fraction of sp³-hybridized carbons (Fsp3) is 0.158. The molecular weight excluding hydrogens is 362 g/mol. The average molecular weight is 379 g/mol. The predicted molar refractivity (Wildman–Crippen MR) is 104 cm³/mol. The summed E-state index contributed by atoms with van der Waals surface area (Å²) in [6.45, 7) is 0.776. The number of aromatic nitrogens is 4. The SMILES string of the molecule is COc1ccc(-c2noc(-c3ccc(NCCc4cscn4)nc3)n2)cc1. The summed E-state index contributed by atoms with van der Waals surface area (Å²) in [5.41, 5.74) is 4.56. The quantitative estimate of drug-likeness (QED) is 0.521. The van der Waals surface area contributed by atoms with Gasteiger partial charge in [-0.05, 0) is 36.4 Å². The van der Waals surface area contributed by atoms with Crippen molar-refractivity contribution in [2.24, 2.45) is 0 Å². The number of pyridine rings is 1. The van der Waals surface area contributed by atoms with E-state index in [1.54, 1.807) is 24.6 Å². The molecule has 0 saturated carbocycles. The van der Waals surface area contributed by atoms with Crippen LogP contribution in [0.5, 0.6) is 5.75 Å². The zero-order valence-electron chi connectivity index (χ0n) is 14.6. The predicted octanol–water partition coefficient (Wildman–Crippen LogP) is 3.92. The highest BCUT2D eigenvalue weighted by atomic mass is 32.1. The summed E-state index contributed by atoms with van der Waals surface area (Å²) in [5, 5.41) is 9.37. The molecule has 0 fully saturated rings. The van der Waals surface area contributed by atoms with Crippen LogP contribution in [0, 0.1) is 0 Å². The highest BCUT2D eigenvalue weighted by molar-refractivity contribution is 7.07. The lowest BCUT2D eigenvalue weighted by Gasteiger charge is -2.04. The Bertz CT molecular complexity index is 982. The second kappa shape index (κ2) is 7.96. The van der Waals surface area contributed by atoms with Crippen molar-refractivity contribution in [2.45, 2.75) is 6.42 Å². The summed E-state index contributed by atoms with van der Waals surface area (Å²) in [6.07, 6.45) is 2.58. The smallest absolute Gasteiger partial charge is 0.259 e. The molecule has 0 aliphatic rings. The number of benzene rings is 1. The second-order valence-electron chi connectivity index (χ2n) is 5.74. The van der Waals surface area contributed by atoms with E-state index in [0.717, 1.165) is 41.4 Å². The van der Waals surface area contributed by atoms with Crippen molar-refractivity contribution < 1.29 is 9.26 Å². The number of nitrogens with zero attached hydrogens (tertiary/aromatic N) is 4. The van der Waals surface area contributed by atoms with Gasteiger partial charge in [-0.1, -0.05) is 5.16 Å². The van der Waals surface area contributed by atoms with Gasteiger partial charge in [0.05, 0.1) is 23.9 Å². The fourth-order valence-corrected chi connectivity index (χ4v) is 3.10. The lowest BCUT2D eigenvalue weighted by Crippen LogP contribution is -2.06. The zero-order chi connectivity index (χ0) is 18.5. The van der Waals surface area contributed by atoms with Gasteiger partial charge in [0, 0.05) is 30.1 Å². The number of rotatable bonds is 7. The molecule has 0 unspecified atom stereocenters. The van der Waals surface area contributed by atoms with Crippen LogP contribution in [-0.2, 0) is 6.42 Å². The van der Waals surface area contributed by atoms with E-state index in [1.807, 2.05) is 47.3 Å². The van der Waals surface area contributed by atoms with Gasteiger partial charge in [-0.2, -0.15) is 4.98 Å². The van der Waals surface area contributed by atoms with E-state index in [2.05, 4.69) is 25.4 Å². The zero-order valence-corrected chi connectivity index (χ0v) is 15.4. The lowest BCUT2D eigenvalue weighted by atomic mass is 10.2. The van der Waals surface area contributed by atoms with Gasteiger partial charge in [0.2, 0.25) is 5.82 Å². The van der Waals surface area contributed by atoms with Crippen molar-refractivity contribution in [3.63, 3.8) is 0 Å². The minimum absolute atomic E-state index is 0.433. The first kappa shape index (κ1) is 17.2. The standard InChI is InChI=1S/C19H17N5O2S/c1-25-16-5-2-13(3-6-16)18-23-19(26-24-18)14-4-7-17(21-10-14)20-9-8-15-11-27-12-22-15/h2-7,10-12H,8-9H2,1H3,(H,20,21). The van der Waals surface area contributed by atoms with E-state index in [9.17, 15) is 0 Å². The first-order valence-electron chi connectivity index (χ1n) is 8.37. The molecule has 0 amide bonds. The molecule has 0 radical (unpaired) electrons. The Balaban J connectivity index is 1.40. The molecule has 3 heterocycles. The summed E-state index contributed by atoms with van der Waals surface area (Å²) in [5.74, 6) is 2.54. The Kier molecular flexibility index (Phi) is 5.06. The molecular formula is C19H17N5O2S. The van der Waals surface area contributed by atoms with E-state index in [1.165, 1.54) is 0 Å². The molecule has 27 heavy (non-hydrogen) atoms. The number of hydrogen-bond acceptors (Lipinski definition) is 8. The third-order valence-electron chi connectivity index (χ3n) is 3.96. The maximum atomic E-state index is 5.37. The normalized spacial score (nSPS) is 10.7. The Labute approximate surface area is 160 Å². The number of methoxy groups -OCH3 is 1. The van der Waals surface area contributed by atoms with Gasteiger partial charge in [-0.25, -0.2) is 9.97 Å². The van der Waals surface area contributed by atoms with Crippen LogP contribution in [0.15, 0.2) is 58.0 Å². The van der Waals surface area contributed by atoms with Crippen LogP contribution in [-0.4, -0.2) is 33.8 Å². The minimum Gasteiger partial charge on any atom is -0.497 e. The van der Waals surface area contributed by atoms with Crippen molar-refractivity contribution in [3.05, 3.63) is 59.2 Å². The average Bonchev–Trinajstić information content (AvgIpc) is 3.41. The molecule has 0 atom stereocenters. The third-order valence-corrected chi connectivity index (χ3v) is 4.59. The maximum Gasteiger partial charge on any atom is 0.259 e. The lowest BCUT2D eigenvalue weighted by molar-refractivity contribution is 0.415. The molecule has 8 heteroatoms. The van der Waals surface area contributed by atoms with Crippen LogP contribution in [0.4, 0.5) is 5.82 Å². The van der Waals surface area contributed by atoms with E-state index in [4.69, 9.17) is 9.26 Å². The van der Waals surface area contributed by atoms with Crippen molar-refractivity contribution >= 4 is 17.2 Å². The van der Waals surface area contributed by atoms with Crippen molar-refractivity contribution in [3.8, 4) is 28.6 Å². The van der Waals surface area contributed by atoms with E-state index >= 15 is 0 Å². The van der Waals surface area contributed by atoms with Gasteiger partial charge in [0.25, 0.3) is 5.89 Å². The summed E-state index contributed by atoms with van der Waals surface area (Å²) in [7, 11) is 1.63. The van der Waals surface area contributed by atoms with Crippen LogP contribution in [0.1, 0.15) is 5.69 Å². The van der Waals surface area contributed by atoms with Crippen LogP contribution in [0.2, 0.25) is 0 Å². The molecule has 1 N–H and O–H groups in total. The van der Waals surface area contributed by atoms with Crippen molar-refractivity contribution in [2.75, 3.05) is 19.0 Å². The summed E-state index contributed by atoms with van der Waals surface area (Å²) in [4.78, 5) is 13.1. The van der Waals surface area contributed by atoms with Gasteiger partial charge in [0.15, 0.2) is 0 Å². The molecule has 0 saturated heterocycles. The van der Waals surface area contributed by atoms with Crippen molar-refractivity contribution in [1.29, 1.82) is 0 Å². The summed E-state index contributed by atoms with van der Waals surface area (Å²) < 4.78 is 10.5. The number of thiazole rings is 1. The fourth-order valence-electron chi connectivity index (χ4n) is 2.50. The molecule has 4 aromatic rings. The molecule has 0 aliphatic heterocycles. The Morgan fingerprint density at radius 2 is 1.93 bits per heavy atom. The summed E-state index contributed by atoms with van der Waals surface area (Å²) >= 11 is 1.60. The number of nitrogens with one attached hydrogen (secondary N) is 1. The van der Waals surface area contributed by atoms with Crippen molar-refractivity contribution in [1.82, 2.24) is 20.1 Å². The molecule has 0 bridgehead atoms. The Morgan fingerprint density at radius 1 is 1.07 bits per heavy atom. The largest absolute Gasteiger partial charge is 0.497 e. The van der Waals surface area contributed by atoms with Crippen LogP contribution >= 0.6 is 11.3 Å². The number of ether oxygens (including phenoxy) is 1. The molecule has 4 rings (SSSR count). The molecule has 7 nitrogen and oxygen atoms in total. The molecule has 0 aliphatic carbocycles. The highest BCUT2D eigenvalue weighted by Gasteiger charge is 2.11. The highest BCUT2D eigenvalue weighted by Crippen LogP contribution is 2.24. The van der Waals surface area contributed by atoms with Gasteiger partial charge >= 0.3 is 0 Å². The summed E-state index contributed by atoms with van der Waals surface area (Å²) in [6, 6.07) is 11.3. The molecule has 0 spiro atoms. The number of anilines is 1. The molecule has 136 valence electrons. The third kappa shape index (κ3) is 4.12. The Hall–Kier alpha value is -3.26. The van der Waals surface area contributed by atoms with E-state index in [-0.39, 0.29) is 0 Å². The van der Waals surface area contributed by atoms with Gasteiger partial charge in [-0.3, -0.25) is 0 Å². The monoisotopic (exact) mass is 379 g/mol. The topological polar surface area (TPSA) is 86.0 Å². The number of hydrogen-bond donors (Lipinski definition) is 1. The molecule has 3 aromatic heterocycles. The Morgan fingerprint density at radius 3 is 2.63 bits per heavy atom. The maximum absolute atomic E-state index is 5.37. The first-order chi connectivity index (χ1) is 13.3. The minimum atomic E-state index is 0.433. The van der Waals surface area contributed by atoms with Gasteiger partial charge in [0.1, 0.15) is 11.6 Å². The van der Waals surface area contributed by atoms with Crippen LogP contribution in [0.3, 0.4) is 0 Å². The van der Waals surface area contributed by atoms with Crippen LogP contribution in [0.25, 0.3) is 22.8 Å².